The Kier molecular flexibility index (Phi) is 6.69. The molecule has 45 heavy (non-hydrogen) atoms. The van der Waals surface area contributed by atoms with E-state index in [0.29, 0.717) is 39.0 Å². The van der Waals surface area contributed by atoms with Gasteiger partial charge in [0.15, 0.2) is 23.0 Å². The smallest absolute Gasteiger partial charge is 0.202 e. The predicted octanol–water partition coefficient (Wildman–Crippen LogP) is 2.90. The molecule has 0 radical (unpaired) electrons. The molecule has 4 aliphatic carbocycles. The van der Waals surface area contributed by atoms with Crippen molar-refractivity contribution in [1.82, 2.24) is 0 Å². The molecule has 0 aromatic heterocycles. The van der Waals surface area contributed by atoms with Crippen LogP contribution in [0.4, 0.5) is 28.4 Å². The van der Waals surface area contributed by atoms with Gasteiger partial charge >= 0.3 is 0 Å². The first kappa shape index (κ1) is 29.9. The van der Waals surface area contributed by atoms with Gasteiger partial charge in [0, 0.05) is 28.2 Å². The van der Waals surface area contributed by atoms with E-state index in [9.17, 15) is 24.9 Å². The molecule has 232 valence electrons. The highest BCUT2D eigenvalue weighted by molar-refractivity contribution is 7.28. The van der Waals surface area contributed by atoms with E-state index < -0.39 is 17.3 Å². The number of ketones is 2. The number of hydrogen-bond acceptors (Lipinski definition) is 10. The Balaban J connectivity index is 1.64. The summed E-state index contributed by atoms with van der Waals surface area (Å²) >= 11 is 0. The number of anilines is 5. The molecule has 0 spiro atoms. The lowest BCUT2D eigenvalue weighted by atomic mass is 9.84. The Hall–Kier alpha value is -3.83. The van der Waals surface area contributed by atoms with E-state index in [0.717, 1.165) is 25.7 Å². The Morgan fingerprint density at radius 3 is 1.44 bits per heavy atom. The van der Waals surface area contributed by atoms with Crippen LogP contribution in [0.15, 0.2) is 17.7 Å². The average Bonchev–Trinajstić information content (AvgIpc) is 3.90. The van der Waals surface area contributed by atoms with Crippen LogP contribution in [-0.4, -0.2) is 26.9 Å². The molecule has 2 saturated carbocycles. The molecule has 0 saturated heterocycles. The van der Waals surface area contributed by atoms with Crippen molar-refractivity contribution < 1.29 is 24.9 Å². The highest BCUT2D eigenvalue weighted by Crippen LogP contribution is 2.54. The fourth-order valence-electron chi connectivity index (χ4n) is 6.89. The molecule has 10 nitrogen and oxygen atoms in total. The fourth-order valence-corrected chi connectivity index (χ4v) is 8.91. The summed E-state index contributed by atoms with van der Waals surface area (Å²) in [7, 11) is 7.76. The molecular formula is C32H34N5O5P3. The van der Waals surface area contributed by atoms with E-state index in [2.05, 4.69) is 27.7 Å². The van der Waals surface area contributed by atoms with Crippen LogP contribution in [0.5, 0.6) is 17.2 Å². The summed E-state index contributed by atoms with van der Waals surface area (Å²) in [6.45, 7) is 0. The zero-order valence-electron chi connectivity index (χ0n) is 24.2. The van der Waals surface area contributed by atoms with Gasteiger partial charge in [0.1, 0.15) is 0 Å². The number of aromatic hydroxyl groups is 3. The lowest BCUT2D eigenvalue weighted by molar-refractivity contribution is 0.0989. The quantitative estimate of drug-likeness (QED) is 0.0498. The molecule has 0 aliphatic heterocycles. The topological polar surface area (TPSA) is 225 Å². The molecule has 4 aliphatic rings. The van der Waals surface area contributed by atoms with Gasteiger partial charge in [-0.1, -0.05) is 12.2 Å². The summed E-state index contributed by atoms with van der Waals surface area (Å²) in [5.41, 5.74) is 33.9. The number of nitrogen functional groups attached to an aromatic ring is 5. The fraction of sp³-hybridized carbons (Fsp3) is 0.250. The summed E-state index contributed by atoms with van der Waals surface area (Å²) in [4.78, 5) is 29.1. The first-order valence-corrected chi connectivity index (χ1v) is 16.4. The molecule has 0 amide bonds. The van der Waals surface area contributed by atoms with Crippen molar-refractivity contribution in [1.29, 1.82) is 0 Å². The van der Waals surface area contributed by atoms with E-state index in [4.69, 9.17) is 28.7 Å². The van der Waals surface area contributed by atoms with Gasteiger partial charge in [-0.3, -0.25) is 9.59 Å². The summed E-state index contributed by atoms with van der Waals surface area (Å²) in [6.07, 6.45) is 7.87. The monoisotopic (exact) mass is 661 g/mol. The molecule has 4 unspecified atom stereocenters. The van der Waals surface area contributed by atoms with Crippen LogP contribution in [0.3, 0.4) is 0 Å². The molecular weight excluding hydrogens is 627 g/mol. The summed E-state index contributed by atoms with van der Waals surface area (Å²) < 4.78 is 0. The van der Waals surface area contributed by atoms with E-state index >= 15 is 0 Å². The molecule has 0 bridgehead atoms. The maximum absolute atomic E-state index is 14.6. The van der Waals surface area contributed by atoms with Crippen molar-refractivity contribution in [3.63, 3.8) is 0 Å². The number of rotatable bonds is 5. The number of phenols is 3. The molecule has 13 heteroatoms. The Bertz CT molecular complexity index is 1930. The van der Waals surface area contributed by atoms with Gasteiger partial charge in [0.05, 0.1) is 39.6 Å². The number of carbonyl (C=O) groups excluding carboxylic acids is 2. The Morgan fingerprint density at radius 1 is 0.622 bits per heavy atom. The first-order chi connectivity index (χ1) is 21.3. The number of Topliss-reactive ketones (excluding diaryl/α,β-unsaturated/α-hetero) is 2. The maximum Gasteiger partial charge on any atom is 0.202 e. The van der Waals surface area contributed by atoms with Crippen LogP contribution in [-0.2, 0) is 0 Å². The van der Waals surface area contributed by atoms with E-state index in [1.807, 2.05) is 12.2 Å². The average molecular weight is 662 g/mol. The van der Waals surface area contributed by atoms with Crippen LogP contribution in [0.2, 0.25) is 0 Å². The summed E-state index contributed by atoms with van der Waals surface area (Å²) in [6, 6.07) is 0. The molecule has 13 N–H and O–H groups in total. The Morgan fingerprint density at radius 2 is 1.04 bits per heavy atom. The van der Waals surface area contributed by atoms with Gasteiger partial charge in [0.25, 0.3) is 0 Å². The van der Waals surface area contributed by atoms with E-state index in [-0.39, 0.29) is 91.1 Å². The van der Waals surface area contributed by atoms with Crippen LogP contribution >= 0.6 is 27.7 Å². The van der Waals surface area contributed by atoms with Gasteiger partial charge in [0.2, 0.25) is 5.78 Å². The molecule has 0 heterocycles. The normalized spacial score (nSPS) is 18.8. The molecule has 3 aromatic rings. The lowest BCUT2D eigenvalue weighted by Gasteiger charge is -2.25. The second-order valence-electron chi connectivity index (χ2n) is 12.3. The third kappa shape index (κ3) is 4.05. The van der Waals surface area contributed by atoms with Gasteiger partial charge in [-0.2, -0.15) is 0 Å². The van der Waals surface area contributed by atoms with Gasteiger partial charge < -0.3 is 44.0 Å². The van der Waals surface area contributed by atoms with E-state index in [1.54, 1.807) is 0 Å². The highest BCUT2D eigenvalue weighted by Gasteiger charge is 2.45. The zero-order chi connectivity index (χ0) is 32.4. The van der Waals surface area contributed by atoms with Gasteiger partial charge in [-0.15, -0.1) is 27.7 Å². The van der Waals surface area contributed by atoms with Crippen molar-refractivity contribution in [2.24, 2.45) is 0 Å². The minimum Gasteiger partial charge on any atom is -0.505 e. The maximum atomic E-state index is 14.6. The number of phenolic OH excluding ortho intramolecular Hbond substituents is 3. The summed E-state index contributed by atoms with van der Waals surface area (Å²) in [5, 5.41) is 35.2. The number of allylic oxidation sites excluding steroid dienone is 3. The number of fused-ring (bicyclic) bond motifs is 1. The second kappa shape index (κ2) is 10.1. The van der Waals surface area contributed by atoms with E-state index in [1.165, 1.54) is 0 Å². The first-order valence-electron chi connectivity index (χ1n) is 14.6. The minimum atomic E-state index is -0.783. The second-order valence-corrected chi connectivity index (χ2v) is 14.1. The van der Waals surface area contributed by atoms with Crippen molar-refractivity contribution in [3.8, 4) is 17.2 Å². The van der Waals surface area contributed by atoms with Crippen LogP contribution < -0.4 is 44.6 Å². The number of carbonyl (C=O) groups is 2. The molecule has 2 fully saturated rings. The largest absolute Gasteiger partial charge is 0.505 e. The zero-order valence-corrected chi connectivity index (χ0v) is 27.7. The Labute approximate surface area is 266 Å². The van der Waals surface area contributed by atoms with Crippen molar-refractivity contribution in [3.05, 3.63) is 56.7 Å². The van der Waals surface area contributed by atoms with Crippen LogP contribution in [0.1, 0.15) is 98.4 Å². The molecule has 3 aromatic carbocycles. The highest BCUT2D eigenvalue weighted by atomic mass is 31.0. The third-order valence-electron chi connectivity index (χ3n) is 9.61. The van der Waals surface area contributed by atoms with Gasteiger partial charge in [-0.25, -0.2) is 0 Å². The number of hydrogen-bond donors (Lipinski definition) is 8. The molecule has 7 rings (SSSR count). The summed E-state index contributed by atoms with van der Waals surface area (Å²) in [5.74, 6) is -2.74. The number of benzene rings is 3. The van der Waals surface area contributed by atoms with Crippen LogP contribution in [0, 0.1) is 0 Å². The van der Waals surface area contributed by atoms with Gasteiger partial charge in [-0.05, 0) is 76.5 Å². The SMILES string of the molecule is Nc1c(O)c(N)c(C2CC2)c(P)c1C(=C1C(=O)c2c(O)c(N)c(C3C=CC3)c(P)c2C1=O)c1c(N)c(O)c(N)c(C2CC2)c1P. The van der Waals surface area contributed by atoms with Crippen molar-refractivity contribution in [2.45, 2.75) is 49.9 Å². The molecule has 4 atom stereocenters. The standard InChI is InChI=1S/C32H34N5O5P3/c33-20-11(8-2-1-3-8)32(45)19-18(27(20)40)25(38)17(26(19)39)14(15-23(36)28(41)21(34)12(30(15)43)9-4-5-9)16-24(37)29(42)22(35)13(31(16)44)10-6-7-10/h1-2,8-10,40-42H,3-7,33-37,43-45H2. The lowest BCUT2D eigenvalue weighted by Crippen LogP contribution is -2.23. The van der Waals surface area contributed by atoms with Crippen molar-refractivity contribution >= 4 is 89.2 Å². The minimum absolute atomic E-state index is 0.00746. The predicted molar refractivity (Wildman–Crippen MR) is 190 cm³/mol. The van der Waals surface area contributed by atoms with Crippen LogP contribution in [0.25, 0.3) is 5.57 Å². The number of nitrogens with two attached hydrogens (primary N) is 5. The third-order valence-corrected chi connectivity index (χ3v) is 11.4. The van der Waals surface area contributed by atoms with Crippen molar-refractivity contribution in [2.75, 3.05) is 28.7 Å².